The minimum Gasteiger partial charge on any atom is -0.349 e. The third-order valence-corrected chi connectivity index (χ3v) is 4.29. The molecule has 1 saturated carbocycles. The Balaban J connectivity index is 1.84. The Bertz CT molecular complexity index is 507. The van der Waals surface area contributed by atoms with E-state index in [2.05, 4.69) is 5.32 Å². The first-order valence-electron chi connectivity index (χ1n) is 7.48. The first-order chi connectivity index (χ1) is 10.2. The molecule has 1 fully saturated rings. The van der Waals surface area contributed by atoms with Gasteiger partial charge in [-0.05, 0) is 36.7 Å². The Morgan fingerprint density at radius 2 is 1.90 bits per heavy atom. The average Bonchev–Trinajstić information content (AvgIpc) is 2.54. The van der Waals surface area contributed by atoms with Gasteiger partial charge in [-0.25, -0.2) is 0 Å². The number of rotatable bonds is 3. The van der Waals surface area contributed by atoms with Gasteiger partial charge in [-0.2, -0.15) is 0 Å². The van der Waals surface area contributed by atoms with Crippen LogP contribution in [0.2, 0.25) is 0 Å². The number of nitrogens with one attached hydrogen (secondary N) is 1. The van der Waals surface area contributed by atoms with Crippen LogP contribution < -0.4 is 5.32 Å². The molecule has 1 N–H and O–H groups in total. The summed E-state index contributed by atoms with van der Waals surface area (Å²) >= 11 is 5.32. The van der Waals surface area contributed by atoms with Gasteiger partial charge in [0.2, 0.25) is 5.91 Å². The maximum Gasteiger partial charge on any atom is 0.250 e. The van der Waals surface area contributed by atoms with Crippen molar-refractivity contribution >= 4 is 29.3 Å². The lowest BCUT2D eigenvalue weighted by Gasteiger charge is -2.32. The van der Waals surface area contributed by atoms with E-state index in [1.807, 2.05) is 42.3 Å². The highest BCUT2D eigenvalue weighted by atomic mass is 32.1. The van der Waals surface area contributed by atoms with Gasteiger partial charge in [0.1, 0.15) is 0 Å². The zero-order valence-electron chi connectivity index (χ0n) is 12.4. The molecule has 1 aromatic carbocycles. The smallest absolute Gasteiger partial charge is 0.250 e. The van der Waals surface area contributed by atoms with E-state index in [1.165, 1.54) is 25.3 Å². The topological polar surface area (TPSA) is 32.3 Å². The number of carbonyl (C=O) groups excluding carboxylic acids is 1. The van der Waals surface area contributed by atoms with Crippen LogP contribution in [0.3, 0.4) is 0 Å². The molecule has 1 aromatic rings. The van der Waals surface area contributed by atoms with E-state index in [1.54, 1.807) is 6.08 Å². The number of nitrogens with zero attached hydrogens (tertiary/aromatic N) is 1. The molecule has 2 rings (SSSR count). The summed E-state index contributed by atoms with van der Waals surface area (Å²) in [4.78, 5) is 13.9. The molecule has 0 aromatic heterocycles. The molecule has 0 unspecified atom stereocenters. The summed E-state index contributed by atoms with van der Waals surface area (Å²) in [6, 6.07) is 10.2. The monoisotopic (exact) mass is 302 g/mol. The highest BCUT2D eigenvalue weighted by Gasteiger charge is 2.20. The van der Waals surface area contributed by atoms with Crippen molar-refractivity contribution in [1.82, 2.24) is 10.2 Å². The zero-order valence-corrected chi connectivity index (χ0v) is 13.2. The second kappa shape index (κ2) is 7.93. The molecule has 0 aliphatic heterocycles. The molecule has 1 amide bonds. The predicted octanol–water partition coefficient (Wildman–Crippen LogP) is 3.37. The van der Waals surface area contributed by atoms with E-state index < -0.39 is 0 Å². The van der Waals surface area contributed by atoms with Crippen LogP contribution in [0.5, 0.6) is 0 Å². The fraction of sp³-hybridized carbons (Fsp3) is 0.412. The SMILES string of the molecule is CN(C(=S)NC(=O)/C=C/c1ccccc1)C1CCCCC1. The molecule has 112 valence electrons. The lowest BCUT2D eigenvalue weighted by atomic mass is 9.95. The summed E-state index contributed by atoms with van der Waals surface area (Å²) in [6.07, 6.45) is 9.44. The summed E-state index contributed by atoms with van der Waals surface area (Å²) < 4.78 is 0. The van der Waals surface area contributed by atoms with E-state index in [-0.39, 0.29) is 5.91 Å². The summed E-state index contributed by atoms with van der Waals surface area (Å²) in [6.45, 7) is 0. The van der Waals surface area contributed by atoms with Gasteiger partial charge in [0, 0.05) is 19.2 Å². The summed E-state index contributed by atoms with van der Waals surface area (Å²) in [5.74, 6) is -0.175. The van der Waals surface area contributed by atoms with E-state index in [9.17, 15) is 4.79 Å². The normalized spacial score (nSPS) is 15.9. The molecule has 0 saturated heterocycles. The molecular formula is C17H22N2OS. The van der Waals surface area contributed by atoms with Gasteiger partial charge < -0.3 is 4.90 Å². The first kappa shape index (κ1) is 15.7. The van der Waals surface area contributed by atoms with Crippen molar-refractivity contribution in [2.75, 3.05) is 7.05 Å². The second-order valence-corrected chi connectivity index (χ2v) is 5.83. The van der Waals surface area contributed by atoms with Crippen LogP contribution >= 0.6 is 12.2 Å². The summed E-state index contributed by atoms with van der Waals surface area (Å²) in [7, 11) is 1.97. The number of amides is 1. The van der Waals surface area contributed by atoms with Crippen LogP contribution in [-0.2, 0) is 4.79 Å². The van der Waals surface area contributed by atoms with Crippen molar-refractivity contribution in [3.63, 3.8) is 0 Å². The van der Waals surface area contributed by atoms with Crippen molar-refractivity contribution < 1.29 is 4.79 Å². The van der Waals surface area contributed by atoms with Gasteiger partial charge in [-0.15, -0.1) is 0 Å². The van der Waals surface area contributed by atoms with Gasteiger partial charge in [-0.1, -0.05) is 49.6 Å². The third kappa shape index (κ3) is 4.97. The lowest BCUT2D eigenvalue weighted by molar-refractivity contribution is -0.115. The number of benzene rings is 1. The van der Waals surface area contributed by atoms with Crippen LogP contribution in [0.15, 0.2) is 36.4 Å². The van der Waals surface area contributed by atoms with Gasteiger partial charge in [0.05, 0.1) is 0 Å². The number of thiocarbonyl (C=S) groups is 1. The van der Waals surface area contributed by atoms with Crippen molar-refractivity contribution in [3.05, 3.63) is 42.0 Å². The van der Waals surface area contributed by atoms with Crippen LogP contribution in [0.25, 0.3) is 6.08 Å². The number of hydrogen-bond donors (Lipinski definition) is 1. The molecule has 1 aliphatic rings. The molecular weight excluding hydrogens is 280 g/mol. The van der Waals surface area contributed by atoms with Crippen molar-refractivity contribution in [2.45, 2.75) is 38.1 Å². The van der Waals surface area contributed by atoms with Crippen LogP contribution in [0.1, 0.15) is 37.7 Å². The lowest BCUT2D eigenvalue weighted by Crippen LogP contribution is -2.45. The largest absolute Gasteiger partial charge is 0.349 e. The number of carbonyl (C=O) groups is 1. The average molecular weight is 302 g/mol. The molecule has 0 spiro atoms. The maximum atomic E-state index is 11.9. The van der Waals surface area contributed by atoms with Gasteiger partial charge in [0.25, 0.3) is 0 Å². The Morgan fingerprint density at radius 1 is 1.24 bits per heavy atom. The minimum atomic E-state index is -0.175. The van der Waals surface area contributed by atoms with Crippen LogP contribution in [-0.4, -0.2) is 29.0 Å². The molecule has 0 bridgehead atoms. The molecule has 4 heteroatoms. The highest BCUT2D eigenvalue weighted by molar-refractivity contribution is 7.80. The quantitative estimate of drug-likeness (QED) is 0.686. The minimum absolute atomic E-state index is 0.175. The number of hydrogen-bond acceptors (Lipinski definition) is 2. The molecule has 0 heterocycles. The molecule has 21 heavy (non-hydrogen) atoms. The second-order valence-electron chi connectivity index (χ2n) is 5.44. The standard InChI is InChI=1S/C17H22N2OS/c1-19(15-10-6-3-7-11-15)17(21)18-16(20)13-12-14-8-4-2-5-9-14/h2,4-5,8-9,12-13,15H,3,6-7,10-11H2,1H3,(H,18,20,21)/b13-12+. The first-order valence-corrected chi connectivity index (χ1v) is 7.88. The van der Waals surface area contributed by atoms with Crippen molar-refractivity contribution in [2.24, 2.45) is 0 Å². The Labute approximate surface area is 132 Å². The van der Waals surface area contributed by atoms with Crippen molar-refractivity contribution in [1.29, 1.82) is 0 Å². The van der Waals surface area contributed by atoms with E-state index >= 15 is 0 Å². The third-order valence-electron chi connectivity index (χ3n) is 3.90. The predicted molar refractivity (Wildman–Crippen MR) is 90.9 cm³/mol. The Kier molecular flexibility index (Phi) is 5.93. The Morgan fingerprint density at radius 3 is 2.57 bits per heavy atom. The van der Waals surface area contributed by atoms with Gasteiger partial charge in [-0.3, -0.25) is 10.1 Å². The van der Waals surface area contributed by atoms with Gasteiger partial charge in [0.15, 0.2) is 5.11 Å². The molecule has 3 nitrogen and oxygen atoms in total. The van der Waals surface area contributed by atoms with Crippen molar-refractivity contribution in [3.8, 4) is 0 Å². The zero-order chi connectivity index (χ0) is 15.1. The van der Waals surface area contributed by atoms with E-state index in [0.29, 0.717) is 11.2 Å². The van der Waals surface area contributed by atoms with Crippen LogP contribution in [0.4, 0.5) is 0 Å². The maximum absolute atomic E-state index is 11.9. The van der Waals surface area contributed by atoms with E-state index in [4.69, 9.17) is 12.2 Å². The summed E-state index contributed by atoms with van der Waals surface area (Å²) in [5, 5.41) is 3.30. The molecule has 0 atom stereocenters. The summed E-state index contributed by atoms with van der Waals surface area (Å²) in [5.41, 5.74) is 0.999. The fourth-order valence-corrected chi connectivity index (χ4v) is 2.86. The molecule has 0 radical (unpaired) electrons. The molecule has 1 aliphatic carbocycles. The fourth-order valence-electron chi connectivity index (χ4n) is 2.61. The van der Waals surface area contributed by atoms with E-state index in [0.717, 1.165) is 18.4 Å². The Hall–Kier alpha value is -1.68. The van der Waals surface area contributed by atoms with Gasteiger partial charge >= 0.3 is 0 Å². The van der Waals surface area contributed by atoms with Crippen LogP contribution in [0, 0.1) is 0 Å². The highest BCUT2D eigenvalue weighted by Crippen LogP contribution is 2.21.